The molecule has 0 unspecified atom stereocenters. The number of ether oxygens (including phenoxy) is 1. The molecule has 0 saturated heterocycles. The number of esters is 1. The molecule has 0 fully saturated rings. The van der Waals surface area contributed by atoms with E-state index in [4.69, 9.17) is 4.74 Å². The topological polar surface area (TPSA) is 26.3 Å². The zero-order valence-corrected chi connectivity index (χ0v) is 13.2. The molecular formula is C12H14I2O2. The Bertz CT molecular complexity index is 340. The highest BCUT2D eigenvalue weighted by Gasteiger charge is 2.06. The van der Waals surface area contributed by atoms with Crippen LogP contribution in [0.5, 0.6) is 5.75 Å². The molecule has 2 nitrogen and oxygen atoms in total. The zero-order chi connectivity index (χ0) is 11.8. The van der Waals surface area contributed by atoms with Crippen LogP contribution in [0.2, 0.25) is 0 Å². The number of para-hydroxylation sites is 1. The fourth-order valence-corrected chi connectivity index (χ4v) is 2.28. The molecule has 0 heterocycles. The van der Waals surface area contributed by atoms with Crippen molar-refractivity contribution >= 4 is 51.2 Å². The summed E-state index contributed by atoms with van der Waals surface area (Å²) in [7, 11) is 0. The van der Waals surface area contributed by atoms with Crippen LogP contribution in [0, 0.1) is 3.57 Å². The summed E-state index contributed by atoms with van der Waals surface area (Å²) in [4.78, 5) is 11.5. The highest BCUT2D eigenvalue weighted by atomic mass is 127. The summed E-state index contributed by atoms with van der Waals surface area (Å²) in [5, 5.41) is 0. The maximum Gasteiger partial charge on any atom is 0.311 e. The van der Waals surface area contributed by atoms with E-state index in [9.17, 15) is 4.79 Å². The number of benzene rings is 1. The van der Waals surface area contributed by atoms with Crippen molar-refractivity contribution in [3.8, 4) is 5.75 Å². The van der Waals surface area contributed by atoms with E-state index in [2.05, 4.69) is 45.2 Å². The van der Waals surface area contributed by atoms with Gasteiger partial charge in [-0.25, -0.2) is 0 Å². The Morgan fingerprint density at radius 3 is 2.62 bits per heavy atom. The van der Waals surface area contributed by atoms with Crippen LogP contribution in [0.3, 0.4) is 0 Å². The summed E-state index contributed by atoms with van der Waals surface area (Å²) in [5.74, 6) is 0.541. The largest absolute Gasteiger partial charge is 0.425 e. The standard InChI is InChI=1S/C12H14I2O2/c13-9-5-1-2-8-12(15)16-11-7-4-3-6-10(11)14/h3-4,6-7H,1-2,5,8-9H2. The van der Waals surface area contributed by atoms with Crippen molar-refractivity contribution in [3.63, 3.8) is 0 Å². The van der Waals surface area contributed by atoms with E-state index in [1.165, 1.54) is 6.42 Å². The molecule has 4 heteroatoms. The smallest absolute Gasteiger partial charge is 0.311 e. The lowest BCUT2D eigenvalue weighted by Crippen LogP contribution is -2.08. The molecule has 0 amide bonds. The number of hydrogen-bond acceptors (Lipinski definition) is 2. The van der Waals surface area contributed by atoms with Gasteiger partial charge >= 0.3 is 5.97 Å². The van der Waals surface area contributed by atoms with Crippen molar-refractivity contribution in [2.24, 2.45) is 0 Å². The van der Waals surface area contributed by atoms with Crippen molar-refractivity contribution in [3.05, 3.63) is 27.8 Å². The van der Waals surface area contributed by atoms with Gasteiger partial charge in [-0.3, -0.25) is 4.79 Å². The number of halogens is 2. The lowest BCUT2D eigenvalue weighted by molar-refractivity contribution is -0.134. The van der Waals surface area contributed by atoms with E-state index >= 15 is 0 Å². The second-order valence-electron chi connectivity index (χ2n) is 3.40. The molecule has 0 bridgehead atoms. The van der Waals surface area contributed by atoms with E-state index in [1.54, 1.807) is 0 Å². The van der Waals surface area contributed by atoms with Gasteiger partial charge in [0.05, 0.1) is 3.57 Å². The molecule has 0 radical (unpaired) electrons. The monoisotopic (exact) mass is 444 g/mol. The fourth-order valence-electron chi connectivity index (χ4n) is 1.24. The summed E-state index contributed by atoms with van der Waals surface area (Å²) in [6, 6.07) is 7.56. The highest BCUT2D eigenvalue weighted by molar-refractivity contribution is 14.1. The van der Waals surface area contributed by atoms with Gasteiger partial charge in [0.2, 0.25) is 0 Å². The van der Waals surface area contributed by atoms with E-state index in [1.807, 2.05) is 24.3 Å². The Morgan fingerprint density at radius 1 is 1.19 bits per heavy atom. The minimum atomic E-state index is -0.127. The third-order valence-electron chi connectivity index (χ3n) is 2.07. The summed E-state index contributed by atoms with van der Waals surface area (Å²) < 4.78 is 7.41. The predicted octanol–water partition coefficient (Wildman–Crippen LogP) is 4.19. The number of carbonyl (C=O) groups excluding carboxylic acids is 1. The van der Waals surface area contributed by atoms with Crippen LogP contribution in [-0.2, 0) is 4.79 Å². The SMILES string of the molecule is O=C(CCCCCI)Oc1ccccc1I. The number of unbranched alkanes of at least 4 members (excludes halogenated alkanes) is 2. The Morgan fingerprint density at radius 2 is 1.94 bits per heavy atom. The van der Waals surface area contributed by atoms with Gasteiger partial charge in [0.25, 0.3) is 0 Å². The van der Waals surface area contributed by atoms with E-state index < -0.39 is 0 Å². The van der Waals surface area contributed by atoms with Crippen LogP contribution in [0.4, 0.5) is 0 Å². The molecule has 0 aliphatic rings. The number of hydrogen-bond donors (Lipinski definition) is 0. The van der Waals surface area contributed by atoms with Crippen molar-refractivity contribution in [2.45, 2.75) is 25.7 Å². The molecule has 0 saturated carbocycles. The van der Waals surface area contributed by atoms with Gasteiger partial charge in [0.1, 0.15) is 5.75 Å². The maximum absolute atomic E-state index is 11.5. The molecule has 1 aromatic carbocycles. The van der Waals surface area contributed by atoms with E-state index in [0.29, 0.717) is 12.2 Å². The highest BCUT2D eigenvalue weighted by Crippen LogP contribution is 2.20. The summed E-state index contributed by atoms with van der Waals surface area (Å²) in [6.45, 7) is 0. The van der Waals surface area contributed by atoms with E-state index in [0.717, 1.165) is 20.8 Å². The molecule has 88 valence electrons. The van der Waals surface area contributed by atoms with Crippen molar-refractivity contribution in [1.82, 2.24) is 0 Å². The first-order chi connectivity index (χ1) is 7.74. The third kappa shape index (κ3) is 5.47. The van der Waals surface area contributed by atoms with Gasteiger partial charge in [-0.1, -0.05) is 41.1 Å². The molecule has 1 aromatic rings. The lowest BCUT2D eigenvalue weighted by Gasteiger charge is -2.05. The average molecular weight is 444 g/mol. The number of rotatable bonds is 6. The average Bonchev–Trinajstić information content (AvgIpc) is 2.28. The van der Waals surface area contributed by atoms with Gasteiger partial charge in [0, 0.05) is 6.42 Å². The Labute approximate surface area is 123 Å². The lowest BCUT2D eigenvalue weighted by atomic mass is 10.2. The Balaban J connectivity index is 2.32. The van der Waals surface area contributed by atoms with Gasteiger partial charge in [-0.05, 0) is 52.0 Å². The molecule has 0 atom stereocenters. The van der Waals surface area contributed by atoms with Crippen LogP contribution >= 0.6 is 45.2 Å². The minimum Gasteiger partial charge on any atom is -0.425 e. The van der Waals surface area contributed by atoms with Gasteiger partial charge in [0.15, 0.2) is 0 Å². The van der Waals surface area contributed by atoms with Crippen LogP contribution in [0.15, 0.2) is 24.3 Å². The van der Waals surface area contributed by atoms with Gasteiger partial charge in [-0.2, -0.15) is 0 Å². The molecular weight excluding hydrogens is 430 g/mol. The van der Waals surface area contributed by atoms with Crippen LogP contribution in [0.1, 0.15) is 25.7 Å². The maximum atomic E-state index is 11.5. The zero-order valence-electron chi connectivity index (χ0n) is 8.92. The molecule has 1 rings (SSSR count). The minimum absolute atomic E-state index is 0.127. The summed E-state index contributed by atoms with van der Waals surface area (Å²) in [5.41, 5.74) is 0. The van der Waals surface area contributed by atoms with E-state index in [-0.39, 0.29) is 5.97 Å². The molecule has 0 spiro atoms. The summed E-state index contributed by atoms with van der Waals surface area (Å²) >= 11 is 4.52. The quantitative estimate of drug-likeness (QED) is 0.216. The Kier molecular flexibility index (Phi) is 7.35. The molecule has 0 N–H and O–H groups in total. The fraction of sp³-hybridized carbons (Fsp3) is 0.417. The molecule has 16 heavy (non-hydrogen) atoms. The first-order valence-electron chi connectivity index (χ1n) is 5.25. The van der Waals surface area contributed by atoms with Gasteiger partial charge < -0.3 is 4.74 Å². The second kappa shape index (κ2) is 8.27. The first-order valence-corrected chi connectivity index (χ1v) is 7.85. The number of carbonyl (C=O) groups is 1. The van der Waals surface area contributed by atoms with Crippen molar-refractivity contribution in [2.75, 3.05) is 4.43 Å². The second-order valence-corrected chi connectivity index (χ2v) is 5.65. The van der Waals surface area contributed by atoms with Gasteiger partial charge in [-0.15, -0.1) is 0 Å². The third-order valence-corrected chi connectivity index (χ3v) is 3.73. The summed E-state index contributed by atoms with van der Waals surface area (Å²) in [6.07, 6.45) is 3.72. The van der Waals surface area contributed by atoms with Crippen LogP contribution in [0.25, 0.3) is 0 Å². The van der Waals surface area contributed by atoms with Crippen LogP contribution < -0.4 is 4.74 Å². The molecule has 0 aromatic heterocycles. The number of alkyl halides is 1. The van der Waals surface area contributed by atoms with Crippen molar-refractivity contribution in [1.29, 1.82) is 0 Å². The van der Waals surface area contributed by atoms with Crippen LogP contribution in [-0.4, -0.2) is 10.4 Å². The predicted molar refractivity (Wildman–Crippen MR) is 82.1 cm³/mol. The first kappa shape index (κ1) is 14.2. The Hall–Kier alpha value is 0.150. The molecule has 0 aliphatic carbocycles. The normalized spacial score (nSPS) is 10.1. The van der Waals surface area contributed by atoms with Crippen molar-refractivity contribution < 1.29 is 9.53 Å². The molecule has 0 aliphatic heterocycles.